The third kappa shape index (κ3) is 2.45. The Kier molecular flexibility index (Phi) is 3.30. The second kappa shape index (κ2) is 4.88. The third-order valence-corrected chi connectivity index (χ3v) is 2.94. The topological polar surface area (TPSA) is 25.8 Å². The summed E-state index contributed by atoms with van der Waals surface area (Å²) in [5, 5.41) is 0. The summed E-state index contributed by atoms with van der Waals surface area (Å²) in [6.07, 6.45) is 9.71. The van der Waals surface area contributed by atoms with Gasteiger partial charge in [-0.25, -0.2) is 0 Å². The Morgan fingerprint density at radius 3 is 1.62 bits per heavy atom. The summed E-state index contributed by atoms with van der Waals surface area (Å²) < 4.78 is 0. The number of pyridine rings is 2. The van der Waals surface area contributed by atoms with E-state index in [2.05, 4.69) is 35.9 Å². The molecule has 0 spiro atoms. The van der Waals surface area contributed by atoms with Gasteiger partial charge in [-0.2, -0.15) is 0 Å². The lowest BCUT2D eigenvalue weighted by molar-refractivity contribution is 0.927. The van der Waals surface area contributed by atoms with Crippen LogP contribution in [0.5, 0.6) is 0 Å². The van der Waals surface area contributed by atoms with Crippen molar-refractivity contribution in [1.82, 2.24) is 9.97 Å². The molecule has 2 rings (SSSR count). The second-order valence-corrected chi connectivity index (χ2v) is 4.10. The Hall–Kier alpha value is -1.70. The maximum atomic E-state index is 4.11. The van der Waals surface area contributed by atoms with E-state index in [0.717, 1.165) is 12.8 Å². The van der Waals surface area contributed by atoms with E-state index in [9.17, 15) is 0 Å². The molecule has 0 saturated heterocycles. The van der Waals surface area contributed by atoms with Crippen molar-refractivity contribution in [2.24, 2.45) is 0 Å². The first-order chi connectivity index (χ1) is 7.77. The highest BCUT2D eigenvalue weighted by Crippen LogP contribution is 2.12. The van der Waals surface area contributed by atoms with Gasteiger partial charge in [0.25, 0.3) is 0 Å². The SMILES string of the molecule is Cc1cnccc1CCc1ccncc1C. The van der Waals surface area contributed by atoms with Crippen molar-refractivity contribution < 1.29 is 0 Å². The van der Waals surface area contributed by atoms with Gasteiger partial charge in [0, 0.05) is 24.8 Å². The molecule has 2 heterocycles. The van der Waals surface area contributed by atoms with Crippen LogP contribution in [0.4, 0.5) is 0 Å². The normalized spacial score (nSPS) is 10.4. The Labute approximate surface area is 96.4 Å². The minimum atomic E-state index is 1.07. The quantitative estimate of drug-likeness (QED) is 0.781. The molecule has 0 atom stereocenters. The molecule has 0 saturated carbocycles. The monoisotopic (exact) mass is 212 g/mol. The minimum absolute atomic E-state index is 1.07. The van der Waals surface area contributed by atoms with E-state index in [4.69, 9.17) is 0 Å². The van der Waals surface area contributed by atoms with Gasteiger partial charge in [-0.1, -0.05) is 0 Å². The molecule has 2 aromatic rings. The smallest absolute Gasteiger partial charge is 0.0299 e. The number of rotatable bonds is 3. The maximum Gasteiger partial charge on any atom is 0.0299 e. The highest BCUT2D eigenvalue weighted by atomic mass is 14.6. The molecule has 0 N–H and O–H groups in total. The van der Waals surface area contributed by atoms with Crippen LogP contribution in [0.1, 0.15) is 22.3 Å². The summed E-state index contributed by atoms with van der Waals surface area (Å²) in [4.78, 5) is 8.21. The molecule has 2 aromatic heterocycles. The Morgan fingerprint density at radius 1 is 0.812 bits per heavy atom. The molecule has 0 aliphatic carbocycles. The van der Waals surface area contributed by atoms with Crippen LogP contribution in [-0.2, 0) is 12.8 Å². The molecule has 82 valence electrons. The van der Waals surface area contributed by atoms with Gasteiger partial charge >= 0.3 is 0 Å². The van der Waals surface area contributed by atoms with Gasteiger partial charge in [-0.05, 0) is 61.1 Å². The van der Waals surface area contributed by atoms with Crippen LogP contribution in [0.3, 0.4) is 0 Å². The lowest BCUT2D eigenvalue weighted by Gasteiger charge is -2.06. The summed E-state index contributed by atoms with van der Waals surface area (Å²) in [5.74, 6) is 0. The van der Waals surface area contributed by atoms with Crippen molar-refractivity contribution in [3.05, 3.63) is 59.2 Å². The summed E-state index contributed by atoms with van der Waals surface area (Å²) >= 11 is 0. The Balaban J connectivity index is 2.09. The second-order valence-electron chi connectivity index (χ2n) is 4.10. The summed E-state index contributed by atoms with van der Waals surface area (Å²) in [6, 6.07) is 4.21. The Bertz CT molecular complexity index is 432. The van der Waals surface area contributed by atoms with Crippen LogP contribution < -0.4 is 0 Å². The fourth-order valence-electron chi connectivity index (χ4n) is 1.83. The fourth-order valence-corrected chi connectivity index (χ4v) is 1.83. The molecule has 0 amide bonds. The van der Waals surface area contributed by atoms with E-state index in [1.54, 1.807) is 0 Å². The van der Waals surface area contributed by atoms with Gasteiger partial charge in [0.05, 0.1) is 0 Å². The maximum absolute atomic E-state index is 4.11. The summed E-state index contributed by atoms with van der Waals surface area (Å²) in [6.45, 7) is 4.23. The van der Waals surface area contributed by atoms with Gasteiger partial charge in [0.2, 0.25) is 0 Å². The molecule has 0 bridgehead atoms. The van der Waals surface area contributed by atoms with Crippen LogP contribution in [0, 0.1) is 13.8 Å². The van der Waals surface area contributed by atoms with Gasteiger partial charge in [-0.3, -0.25) is 9.97 Å². The largest absolute Gasteiger partial charge is 0.264 e. The zero-order valence-corrected chi connectivity index (χ0v) is 9.77. The number of nitrogens with zero attached hydrogens (tertiary/aromatic N) is 2. The molecular formula is C14H16N2. The fraction of sp³-hybridized carbons (Fsp3) is 0.286. The number of hydrogen-bond donors (Lipinski definition) is 0. The van der Waals surface area contributed by atoms with E-state index in [1.165, 1.54) is 22.3 Å². The molecular weight excluding hydrogens is 196 g/mol. The number of aryl methyl sites for hydroxylation is 4. The average molecular weight is 212 g/mol. The molecule has 16 heavy (non-hydrogen) atoms. The van der Waals surface area contributed by atoms with Crippen molar-refractivity contribution in [2.75, 3.05) is 0 Å². The van der Waals surface area contributed by atoms with Crippen molar-refractivity contribution in [1.29, 1.82) is 0 Å². The van der Waals surface area contributed by atoms with Crippen molar-refractivity contribution in [2.45, 2.75) is 26.7 Å². The van der Waals surface area contributed by atoms with Gasteiger partial charge in [-0.15, -0.1) is 0 Å². The number of aromatic nitrogens is 2. The van der Waals surface area contributed by atoms with E-state index in [1.807, 2.05) is 24.8 Å². The molecule has 2 heteroatoms. The lowest BCUT2D eigenvalue weighted by atomic mass is 10.0. The first-order valence-electron chi connectivity index (χ1n) is 5.56. The van der Waals surface area contributed by atoms with E-state index in [-0.39, 0.29) is 0 Å². The van der Waals surface area contributed by atoms with Crippen molar-refractivity contribution in [3.8, 4) is 0 Å². The van der Waals surface area contributed by atoms with Crippen molar-refractivity contribution in [3.63, 3.8) is 0 Å². The zero-order valence-electron chi connectivity index (χ0n) is 9.77. The molecule has 0 aliphatic heterocycles. The van der Waals surface area contributed by atoms with Gasteiger partial charge < -0.3 is 0 Å². The zero-order chi connectivity index (χ0) is 11.4. The molecule has 0 aromatic carbocycles. The predicted octanol–water partition coefficient (Wildman–Crippen LogP) is 2.88. The van der Waals surface area contributed by atoms with Gasteiger partial charge in [0.1, 0.15) is 0 Å². The average Bonchev–Trinajstić information content (AvgIpc) is 2.30. The van der Waals surface area contributed by atoms with E-state index >= 15 is 0 Å². The molecule has 0 radical (unpaired) electrons. The predicted molar refractivity (Wildman–Crippen MR) is 65.4 cm³/mol. The van der Waals surface area contributed by atoms with Crippen LogP contribution in [-0.4, -0.2) is 9.97 Å². The van der Waals surface area contributed by atoms with Crippen LogP contribution in [0.15, 0.2) is 36.9 Å². The minimum Gasteiger partial charge on any atom is -0.264 e. The molecule has 0 unspecified atom stereocenters. The van der Waals surface area contributed by atoms with Crippen LogP contribution >= 0.6 is 0 Å². The van der Waals surface area contributed by atoms with Crippen LogP contribution in [0.25, 0.3) is 0 Å². The van der Waals surface area contributed by atoms with E-state index in [0.29, 0.717) is 0 Å². The van der Waals surface area contributed by atoms with Gasteiger partial charge in [0.15, 0.2) is 0 Å². The highest BCUT2D eigenvalue weighted by Gasteiger charge is 2.01. The lowest BCUT2D eigenvalue weighted by Crippen LogP contribution is -1.97. The van der Waals surface area contributed by atoms with E-state index < -0.39 is 0 Å². The standard InChI is InChI=1S/C14H16N2/c1-11-9-15-7-5-13(11)3-4-14-6-8-16-10-12(14)2/h5-10H,3-4H2,1-2H3. The Morgan fingerprint density at radius 2 is 1.25 bits per heavy atom. The molecule has 0 fully saturated rings. The first-order valence-corrected chi connectivity index (χ1v) is 5.56. The molecule has 0 aliphatic rings. The first kappa shape index (κ1) is 10.8. The van der Waals surface area contributed by atoms with Crippen LogP contribution in [0.2, 0.25) is 0 Å². The third-order valence-electron chi connectivity index (χ3n) is 2.94. The highest BCUT2D eigenvalue weighted by molar-refractivity contribution is 5.26. The molecule has 2 nitrogen and oxygen atoms in total. The summed E-state index contributed by atoms with van der Waals surface area (Å²) in [7, 11) is 0. The van der Waals surface area contributed by atoms with Crippen molar-refractivity contribution >= 4 is 0 Å². The summed E-state index contributed by atoms with van der Waals surface area (Å²) in [5.41, 5.74) is 5.31. The number of hydrogen-bond acceptors (Lipinski definition) is 2.